The molecule has 120 valence electrons. The normalized spacial score (nSPS) is 36.0. The van der Waals surface area contributed by atoms with Crippen molar-refractivity contribution in [2.24, 2.45) is 0 Å². The largest absolute Gasteiger partial charge is 0.394 e. The first kappa shape index (κ1) is 16.7. The molecule has 4 atom stereocenters. The Hall–Kier alpha value is -0.670. The number of aliphatic hydroxyl groups is 1. The molecule has 0 aromatic carbocycles. The van der Waals surface area contributed by atoms with Crippen molar-refractivity contribution in [3.8, 4) is 0 Å². The van der Waals surface area contributed by atoms with Crippen LogP contribution in [0.2, 0.25) is 0 Å². The number of amides is 3. The van der Waals surface area contributed by atoms with E-state index < -0.39 is 47.6 Å². The summed E-state index contributed by atoms with van der Waals surface area (Å²) in [7, 11) is 0. The zero-order valence-electron chi connectivity index (χ0n) is 11.1. The fourth-order valence-electron chi connectivity index (χ4n) is 2.29. The molecule has 0 radical (unpaired) electrons. The standard InChI is InChI=1S/C11H15Cl2FN2O5/c1-2-20-9-11(12,13)8(18)15-10(19)16(9)7-3-5(14)6(4-17)21-7/h5-7,9,17H,2-4H2,1H3,(H,15,18,19)/t5?,6-,7-,9?/m0/s1. The summed E-state index contributed by atoms with van der Waals surface area (Å²) >= 11 is 11.9. The van der Waals surface area contributed by atoms with E-state index in [-0.39, 0.29) is 13.0 Å². The summed E-state index contributed by atoms with van der Waals surface area (Å²) in [6.45, 7) is 1.22. The van der Waals surface area contributed by atoms with Crippen LogP contribution in [0.1, 0.15) is 13.3 Å². The van der Waals surface area contributed by atoms with Gasteiger partial charge in [0, 0.05) is 13.0 Å². The number of carbonyl (C=O) groups excluding carboxylic acids is 2. The molecule has 0 bridgehead atoms. The van der Waals surface area contributed by atoms with Crippen molar-refractivity contribution in [2.75, 3.05) is 13.2 Å². The second-order valence-corrected chi connectivity index (χ2v) is 6.05. The van der Waals surface area contributed by atoms with Gasteiger partial charge in [-0.15, -0.1) is 0 Å². The molecule has 2 fully saturated rings. The number of ether oxygens (including phenoxy) is 2. The van der Waals surface area contributed by atoms with Gasteiger partial charge in [0.25, 0.3) is 5.91 Å². The highest BCUT2D eigenvalue weighted by molar-refractivity contribution is 6.59. The van der Waals surface area contributed by atoms with E-state index in [1.54, 1.807) is 6.92 Å². The first-order valence-electron chi connectivity index (χ1n) is 6.36. The van der Waals surface area contributed by atoms with Crippen molar-refractivity contribution in [1.29, 1.82) is 0 Å². The summed E-state index contributed by atoms with van der Waals surface area (Å²) in [6.07, 6.45) is -5.05. The highest BCUT2D eigenvalue weighted by atomic mass is 35.5. The van der Waals surface area contributed by atoms with E-state index in [4.69, 9.17) is 37.8 Å². The zero-order chi connectivity index (χ0) is 15.8. The fourth-order valence-corrected chi connectivity index (χ4v) is 2.72. The van der Waals surface area contributed by atoms with Crippen LogP contribution in [0.3, 0.4) is 0 Å². The number of urea groups is 1. The second-order valence-electron chi connectivity index (χ2n) is 4.66. The third-order valence-electron chi connectivity index (χ3n) is 3.30. The third kappa shape index (κ3) is 2.95. The van der Waals surface area contributed by atoms with Gasteiger partial charge >= 0.3 is 6.03 Å². The fraction of sp³-hybridized carbons (Fsp3) is 0.818. The molecule has 0 aliphatic carbocycles. The Bertz CT molecular complexity index is 439. The molecule has 0 aromatic heterocycles. The molecule has 2 aliphatic rings. The molecule has 0 spiro atoms. The topological polar surface area (TPSA) is 88.1 Å². The van der Waals surface area contributed by atoms with Crippen LogP contribution in [0.4, 0.5) is 9.18 Å². The molecular formula is C11H15Cl2FN2O5. The average Bonchev–Trinajstić information content (AvgIpc) is 2.77. The number of nitrogens with one attached hydrogen (secondary N) is 1. The second kappa shape index (κ2) is 6.21. The first-order chi connectivity index (χ1) is 9.82. The van der Waals surface area contributed by atoms with Crippen LogP contribution in [0.5, 0.6) is 0 Å². The Balaban J connectivity index is 2.26. The van der Waals surface area contributed by atoms with Crippen molar-refractivity contribution in [1.82, 2.24) is 10.2 Å². The molecule has 2 N–H and O–H groups in total. The average molecular weight is 345 g/mol. The van der Waals surface area contributed by atoms with Gasteiger partial charge in [-0.1, -0.05) is 23.2 Å². The molecule has 2 unspecified atom stereocenters. The summed E-state index contributed by atoms with van der Waals surface area (Å²) in [6, 6.07) is -0.842. The predicted octanol–water partition coefficient (Wildman–Crippen LogP) is 0.520. The molecule has 7 nitrogen and oxygen atoms in total. The van der Waals surface area contributed by atoms with E-state index in [9.17, 15) is 14.0 Å². The van der Waals surface area contributed by atoms with Crippen molar-refractivity contribution in [3.05, 3.63) is 0 Å². The number of aliphatic hydroxyl groups excluding tert-OH is 1. The molecule has 2 saturated heterocycles. The van der Waals surface area contributed by atoms with Crippen LogP contribution >= 0.6 is 23.2 Å². The quantitative estimate of drug-likeness (QED) is 0.726. The number of hydrogen-bond acceptors (Lipinski definition) is 5. The molecule has 3 amide bonds. The molecule has 2 heterocycles. The Morgan fingerprint density at radius 3 is 2.76 bits per heavy atom. The summed E-state index contributed by atoms with van der Waals surface area (Å²) in [5, 5.41) is 11.0. The lowest BCUT2D eigenvalue weighted by Gasteiger charge is -2.43. The van der Waals surface area contributed by atoms with E-state index in [0.29, 0.717) is 0 Å². The van der Waals surface area contributed by atoms with Gasteiger partial charge in [0.2, 0.25) is 4.33 Å². The number of carbonyl (C=O) groups is 2. The maximum absolute atomic E-state index is 13.7. The molecule has 10 heteroatoms. The maximum Gasteiger partial charge on any atom is 0.328 e. The van der Waals surface area contributed by atoms with E-state index in [2.05, 4.69) is 0 Å². The minimum absolute atomic E-state index is 0.123. The minimum Gasteiger partial charge on any atom is -0.394 e. The summed E-state index contributed by atoms with van der Waals surface area (Å²) in [5.74, 6) is -0.918. The number of imide groups is 1. The van der Waals surface area contributed by atoms with E-state index in [0.717, 1.165) is 4.90 Å². The Morgan fingerprint density at radius 1 is 1.57 bits per heavy atom. The van der Waals surface area contributed by atoms with Crippen LogP contribution in [0.15, 0.2) is 0 Å². The zero-order valence-corrected chi connectivity index (χ0v) is 12.6. The van der Waals surface area contributed by atoms with E-state index in [1.807, 2.05) is 5.32 Å². The van der Waals surface area contributed by atoms with Crippen LogP contribution in [0, 0.1) is 0 Å². The third-order valence-corrected chi connectivity index (χ3v) is 4.01. The van der Waals surface area contributed by atoms with Gasteiger partial charge in [0.05, 0.1) is 6.61 Å². The van der Waals surface area contributed by atoms with Gasteiger partial charge in [0.1, 0.15) is 18.5 Å². The highest BCUT2D eigenvalue weighted by Crippen LogP contribution is 2.37. The summed E-state index contributed by atoms with van der Waals surface area (Å²) in [4.78, 5) is 24.6. The van der Waals surface area contributed by atoms with Gasteiger partial charge in [-0.2, -0.15) is 0 Å². The van der Waals surface area contributed by atoms with Gasteiger partial charge in [-0.3, -0.25) is 15.0 Å². The van der Waals surface area contributed by atoms with Gasteiger partial charge < -0.3 is 14.6 Å². The van der Waals surface area contributed by atoms with Gasteiger partial charge in [-0.05, 0) is 6.92 Å². The smallest absolute Gasteiger partial charge is 0.328 e. The monoisotopic (exact) mass is 344 g/mol. The van der Waals surface area contributed by atoms with Crippen LogP contribution in [-0.2, 0) is 14.3 Å². The Labute approximate surface area is 130 Å². The van der Waals surface area contributed by atoms with Gasteiger partial charge in [-0.25, -0.2) is 9.18 Å². The molecule has 2 rings (SSSR count). The lowest BCUT2D eigenvalue weighted by molar-refractivity contribution is -0.154. The van der Waals surface area contributed by atoms with Crippen LogP contribution in [-0.4, -0.2) is 64.2 Å². The molecular weight excluding hydrogens is 330 g/mol. The number of nitrogens with zero attached hydrogens (tertiary/aromatic N) is 1. The van der Waals surface area contributed by atoms with Crippen molar-refractivity contribution in [2.45, 2.75) is 42.4 Å². The lowest BCUT2D eigenvalue weighted by atomic mass is 10.2. The van der Waals surface area contributed by atoms with Crippen molar-refractivity contribution < 1.29 is 28.6 Å². The molecule has 0 saturated carbocycles. The van der Waals surface area contributed by atoms with E-state index in [1.165, 1.54) is 0 Å². The van der Waals surface area contributed by atoms with Crippen molar-refractivity contribution in [3.63, 3.8) is 0 Å². The van der Waals surface area contributed by atoms with Gasteiger partial charge in [0.15, 0.2) is 6.23 Å². The molecule has 21 heavy (non-hydrogen) atoms. The van der Waals surface area contributed by atoms with E-state index >= 15 is 0 Å². The first-order valence-corrected chi connectivity index (χ1v) is 7.12. The number of alkyl halides is 3. The highest BCUT2D eigenvalue weighted by Gasteiger charge is 2.56. The summed E-state index contributed by atoms with van der Waals surface area (Å²) < 4.78 is 22.2. The Morgan fingerprint density at radius 2 is 2.24 bits per heavy atom. The maximum atomic E-state index is 13.7. The molecule has 2 aliphatic heterocycles. The number of hydrogen-bond donors (Lipinski definition) is 2. The molecule has 0 aromatic rings. The van der Waals surface area contributed by atoms with Crippen molar-refractivity contribution >= 4 is 35.1 Å². The Kier molecular flexibility index (Phi) is 4.94. The summed E-state index contributed by atoms with van der Waals surface area (Å²) in [5.41, 5.74) is 0. The SMILES string of the molecule is CCOC1N([C@@H]2CC(F)[C@H](CO)O2)C(=O)NC(=O)C1(Cl)Cl. The minimum atomic E-state index is -2.05. The lowest BCUT2D eigenvalue weighted by Crippen LogP contribution is -2.68. The number of rotatable bonds is 4. The van der Waals surface area contributed by atoms with Crippen LogP contribution < -0.4 is 5.32 Å². The number of halogens is 3. The predicted molar refractivity (Wildman–Crippen MR) is 70.5 cm³/mol. The van der Waals surface area contributed by atoms with Crippen LogP contribution in [0.25, 0.3) is 0 Å².